The fraction of sp³-hybridized carbons (Fsp3) is 0.476. The van der Waals surface area contributed by atoms with Gasteiger partial charge in [-0.25, -0.2) is 9.78 Å². The van der Waals surface area contributed by atoms with Crippen molar-refractivity contribution >= 4 is 33.3 Å². The molecular weight excluding hydrogens is 372 g/mol. The minimum absolute atomic E-state index is 0.223. The summed E-state index contributed by atoms with van der Waals surface area (Å²) in [5.41, 5.74) is 2.86. The number of aromatic nitrogens is 3. The number of hydrogen-bond donors (Lipinski definition) is 1. The van der Waals surface area contributed by atoms with Gasteiger partial charge in [-0.3, -0.25) is 10.00 Å². The van der Waals surface area contributed by atoms with Gasteiger partial charge in [0.15, 0.2) is 0 Å². The number of anilines is 1. The predicted octanol–water partition coefficient (Wildman–Crippen LogP) is 5.38. The van der Waals surface area contributed by atoms with E-state index in [0.717, 1.165) is 32.2 Å². The molecule has 1 fully saturated rings. The number of nitrogens with one attached hydrogen (secondary N) is 1. The van der Waals surface area contributed by atoms with Crippen LogP contribution in [0.2, 0.25) is 0 Å². The molecule has 28 heavy (non-hydrogen) atoms. The van der Waals surface area contributed by atoms with Crippen LogP contribution in [0.1, 0.15) is 54.8 Å². The lowest BCUT2D eigenvalue weighted by Crippen LogP contribution is -2.14. The molecule has 0 aliphatic heterocycles. The van der Waals surface area contributed by atoms with Gasteiger partial charge in [0.05, 0.1) is 22.4 Å². The minimum atomic E-state index is -0.443. The Hall–Kier alpha value is -2.41. The third-order valence-electron chi connectivity index (χ3n) is 5.64. The molecule has 2 aromatic heterocycles. The molecule has 7 heteroatoms. The molecule has 1 N–H and O–H groups in total. The van der Waals surface area contributed by atoms with Crippen molar-refractivity contribution in [3.8, 4) is 0 Å². The maximum absolute atomic E-state index is 12.3. The van der Waals surface area contributed by atoms with Gasteiger partial charge >= 0.3 is 6.09 Å². The van der Waals surface area contributed by atoms with Crippen LogP contribution in [-0.4, -0.2) is 20.9 Å². The second kappa shape index (κ2) is 7.91. The van der Waals surface area contributed by atoms with Crippen molar-refractivity contribution in [3.63, 3.8) is 0 Å². The number of amides is 1. The Balaban J connectivity index is 1.38. The standard InChI is InChI=1S/C21H26N4O2S/c1-13-6-4-5-7-17(13)20-23-14(2)19(28-20)24-21(26)27-12-15-8-9-18-16(10-15)11-22-25(18)3/h8-11,13,17H,4-7,12H2,1-3H3,(H,24,26). The average Bonchev–Trinajstić information content (AvgIpc) is 3.23. The number of carbonyl (C=O) groups is 1. The van der Waals surface area contributed by atoms with E-state index in [2.05, 4.69) is 17.3 Å². The van der Waals surface area contributed by atoms with E-state index in [1.165, 1.54) is 25.7 Å². The predicted molar refractivity (Wildman–Crippen MR) is 112 cm³/mol. The maximum atomic E-state index is 12.3. The first-order chi connectivity index (χ1) is 13.5. The zero-order valence-electron chi connectivity index (χ0n) is 16.6. The molecule has 0 radical (unpaired) electrons. The summed E-state index contributed by atoms with van der Waals surface area (Å²) in [7, 11) is 1.91. The topological polar surface area (TPSA) is 69.0 Å². The van der Waals surface area contributed by atoms with Crippen LogP contribution in [0.4, 0.5) is 9.80 Å². The summed E-state index contributed by atoms with van der Waals surface area (Å²) in [6, 6.07) is 5.94. The van der Waals surface area contributed by atoms with Gasteiger partial charge < -0.3 is 4.74 Å². The van der Waals surface area contributed by atoms with E-state index in [9.17, 15) is 4.79 Å². The van der Waals surface area contributed by atoms with E-state index >= 15 is 0 Å². The van der Waals surface area contributed by atoms with Crippen LogP contribution >= 0.6 is 11.3 Å². The zero-order chi connectivity index (χ0) is 19.7. The van der Waals surface area contributed by atoms with Crippen molar-refractivity contribution in [1.82, 2.24) is 14.8 Å². The van der Waals surface area contributed by atoms with E-state index in [4.69, 9.17) is 9.72 Å². The van der Waals surface area contributed by atoms with Gasteiger partial charge in [0.2, 0.25) is 0 Å². The van der Waals surface area contributed by atoms with Crippen molar-refractivity contribution in [1.29, 1.82) is 0 Å². The molecule has 1 amide bonds. The summed E-state index contributed by atoms with van der Waals surface area (Å²) in [5.74, 6) is 1.16. The molecule has 0 spiro atoms. The number of rotatable bonds is 4. The molecule has 148 valence electrons. The highest BCUT2D eigenvalue weighted by molar-refractivity contribution is 7.16. The average molecular weight is 399 g/mol. The first kappa shape index (κ1) is 18.9. The summed E-state index contributed by atoms with van der Waals surface area (Å²) in [6.07, 6.45) is 6.39. The highest BCUT2D eigenvalue weighted by Gasteiger charge is 2.26. The van der Waals surface area contributed by atoms with Crippen LogP contribution in [0.25, 0.3) is 10.9 Å². The Morgan fingerprint density at radius 2 is 2.18 bits per heavy atom. The van der Waals surface area contributed by atoms with E-state index in [1.54, 1.807) is 11.3 Å². The number of carbonyl (C=O) groups excluding carboxylic acids is 1. The second-order valence-corrected chi connectivity index (χ2v) is 8.73. The smallest absolute Gasteiger partial charge is 0.412 e. The van der Waals surface area contributed by atoms with Gasteiger partial charge in [0.25, 0.3) is 0 Å². The molecule has 1 aliphatic rings. The Kier molecular flexibility index (Phi) is 5.35. The summed E-state index contributed by atoms with van der Waals surface area (Å²) in [4.78, 5) is 17.0. The van der Waals surface area contributed by atoms with E-state index < -0.39 is 6.09 Å². The lowest BCUT2D eigenvalue weighted by Gasteiger charge is -2.26. The van der Waals surface area contributed by atoms with Crippen molar-refractivity contribution < 1.29 is 9.53 Å². The quantitative estimate of drug-likeness (QED) is 0.640. The van der Waals surface area contributed by atoms with Crippen LogP contribution in [0.3, 0.4) is 0 Å². The lowest BCUT2D eigenvalue weighted by molar-refractivity contribution is 0.155. The Morgan fingerprint density at radius 3 is 3.00 bits per heavy atom. The Labute approximate surface area is 168 Å². The maximum Gasteiger partial charge on any atom is 0.412 e. The summed E-state index contributed by atoms with van der Waals surface area (Å²) >= 11 is 1.59. The van der Waals surface area contributed by atoms with Crippen molar-refractivity contribution in [3.05, 3.63) is 40.7 Å². The van der Waals surface area contributed by atoms with Crippen LogP contribution in [0.15, 0.2) is 24.4 Å². The molecule has 1 aliphatic carbocycles. The number of benzene rings is 1. The number of aryl methyl sites for hydroxylation is 2. The molecule has 6 nitrogen and oxygen atoms in total. The molecule has 1 saturated carbocycles. The molecule has 2 atom stereocenters. The molecule has 2 heterocycles. The van der Waals surface area contributed by atoms with Crippen molar-refractivity contribution in [2.75, 3.05) is 5.32 Å². The number of ether oxygens (including phenoxy) is 1. The zero-order valence-corrected chi connectivity index (χ0v) is 17.4. The van der Waals surface area contributed by atoms with Gasteiger partial charge in [-0.2, -0.15) is 5.10 Å². The van der Waals surface area contributed by atoms with Crippen LogP contribution in [-0.2, 0) is 18.4 Å². The van der Waals surface area contributed by atoms with Crippen LogP contribution in [0, 0.1) is 12.8 Å². The molecule has 0 saturated heterocycles. The largest absolute Gasteiger partial charge is 0.444 e. The van der Waals surface area contributed by atoms with E-state index in [0.29, 0.717) is 11.8 Å². The first-order valence-corrected chi connectivity index (χ1v) is 10.6. The lowest BCUT2D eigenvalue weighted by atomic mass is 9.81. The van der Waals surface area contributed by atoms with Gasteiger partial charge in [-0.15, -0.1) is 11.3 Å². The van der Waals surface area contributed by atoms with Crippen LogP contribution in [0.5, 0.6) is 0 Å². The number of fused-ring (bicyclic) bond motifs is 1. The summed E-state index contributed by atoms with van der Waals surface area (Å²) in [5, 5.41) is 10.1. The van der Waals surface area contributed by atoms with Gasteiger partial charge in [0.1, 0.15) is 11.6 Å². The third kappa shape index (κ3) is 3.90. The molecule has 2 unspecified atom stereocenters. The minimum Gasteiger partial charge on any atom is -0.444 e. The van der Waals surface area contributed by atoms with Crippen molar-refractivity contribution in [2.45, 2.75) is 52.1 Å². The first-order valence-electron chi connectivity index (χ1n) is 9.83. The van der Waals surface area contributed by atoms with Gasteiger partial charge in [-0.05, 0) is 37.0 Å². The summed E-state index contributed by atoms with van der Waals surface area (Å²) < 4.78 is 7.24. The molecular formula is C21H26N4O2S. The SMILES string of the molecule is Cc1nc(C2CCCCC2C)sc1NC(=O)OCc1ccc2c(cnn2C)c1. The monoisotopic (exact) mass is 398 g/mol. The van der Waals surface area contributed by atoms with Crippen LogP contribution < -0.4 is 5.32 Å². The van der Waals surface area contributed by atoms with E-state index in [-0.39, 0.29) is 6.61 Å². The highest BCUT2D eigenvalue weighted by Crippen LogP contribution is 2.41. The fourth-order valence-electron chi connectivity index (χ4n) is 3.96. The summed E-state index contributed by atoms with van der Waals surface area (Å²) in [6.45, 7) is 4.47. The van der Waals surface area contributed by atoms with E-state index in [1.807, 2.05) is 43.0 Å². The third-order valence-corrected chi connectivity index (χ3v) is 6.84. The molecule has 1 aromatic carbocycles. The highest BCUT2D eigenvalue weighted by atomic mass is 32.1. The van der Waals surface area contributed by atoms with Crippen molar-refractivity contribution in [2.24, 2.45) is 13.0 Å². The number of nitrogens with zero attached hydrogens (tertiary/aromatic N) is 3. The second-order valence-electron chi connectivity index (χ2n) is 7.70. The fourth-order valence-corrected chi connectivity index (χ4v) is 5.18. The van der Waals surface area contributed by atoms with Gasteiger partial charge in [0, 0.05) is 18.4 Å². The molecule has 3 aromatic rings. The Morgan fingerprint density at radius 1 is 1.36 bits per heavy atom. The molecule has 4 rings (SSSR count). The Bertz CT molecular complexity index is 994. The molecule has 0 bridgehead atoms. The van der Waals surface area contributed by atoms with Gasteiger partial charge in [-0.1, -0.05) is 32.3 Å². The normalized spacial score (nSPS) is 19.7. The number of hydrogen-bond acceptors (Lipinski definition) is 5. The number of thiazole rings is 1.